The molecule has 0 radical (unpaired) electrons. The lowest BCUT2D eigenvalue weighted by atomic mass is 9.94. The van der Waals surface area contributed by atoms with Crippen LogP contribution in [0.3, 0.4) is 0 Å². The standard InChI is InChI=1S/C29H29ClF2N6O3/c1-4-24(39)36-12-17(3)37(13-16(36)2)28-21-11-22(30)25(20-7-6-18(31)10-23(20)32)27-26(21)38(29(40)34-28)19(15-41-27)14-35-9-5-8-33-35/h4-11,16-17,19,29,40H,1,12-15H2,2-3H3/t16-,17+,19+,29?/m1/s1. The van der Waals surface area contributed by atoms with Crippen LogP contribution in [0.1, 0.15) is 19.4 Å². The molecule has 3 aliphatic rings. The molecule has 4 atom stereocenters. The van der Waals surface area contributed by atoms with Crippen molar-refractivity contribution in [1.29, 1.82) is 0 Å². The van der Waals surface area contributed by atoms with Gasteiger partial charge in [-0.2, -0.15) is 5.10 Å². The number of carbonyl (C=O) groups is 1. The van der Waals surface area contributed by atoms with E-state index in [0.717, 1.165) is 12.1 Å². The smallest absolute Gasteiger partial charge is 0.246 e. The van der Waals surface area contributed by atoms with Gasteiger partial charge in [-0.15, -0.1) is 0 Å². The fourth-order valence-corrected chi connectivity index (χ4v) is 6.25. The minimum absolute atomic E-state index is 0.0803. The van der Waals surface area contributed by atoms with Crippen molar-refractivity contribution in [3.05, 3.63) is 77.6 Å². The zero-order chi connectivity index (χ0) is 29.0. The molecular weight excluding hydrogens is 554 g/mol. The SMILES string of the molecule is C=CC(=O)N1C[C@H](C)N(C2=NC(O)N3c4c2cc(Cl)c(-c2ccc(F)cc2F)c4OC[C@@H]3Cn2cccn2)C[C@H]1C. The summed E-state index contributed by atoms with van der Waals surface area (Å²) in [6.45, 7) is 8.95. The lowest BCUT2D eigenvalue weighted by molar-refractivity contribution is -0.130. The molecule has 0 saturated carbocycles. The molecule has 1 saturated heterocycles. The van der Waals surface area contributed by atoms with E-state index in [1.165, 1.54) is 12.1 Å². The molecule has 0 bridgehead atoms. The van der Waals surface area contributed by atoms with Crippen molar-refractivity contribution in [1.82, 2.24) is 19.6 Å². The summed E-state index contributed by atoms with van der Waals surface area (Å²) >= 11 is 6.83. The van der Waals surface area contributed by atoms with Crippen LogP contribution in [0.4, 0.5) is 14.5 Å². The van der Waals surface area contributed by atoms with E-state index in [0.29, 0.717) is 36.7 Å². The highest BCUT2D eigenvalue weighted by molar-refractivity contribution is 6.35. The lowest BCUT2D eigenvalue weighted by Gasteiger charge is -2.49. The molecule has 2 aromatic carbocycles. The van der Waals surface area contributed by atoms with Gasteiger partial charge in [-0.3, -0.25) is 9.48 Å². The quantitative estimate of drug-likeness (QED) is 0.470. The maximum atomic E-state index is 15.1. The van der Waals surface area contributed by atoms with E-state index in [1.807, 2.05) is 24.9 Å². The van der Waals surface area contributed by atoms with Gasteiger partial charge in [-0.25, -0.2) is 13.8 Å². The Morgan fingerprint density at radius 1 is 1.22 bits per heavy atom. The van der Waals surface area contributed by atoms with Crippen molar-refractivity contribution >= 4 is 29.0 Å². The van der Waals surface area contributed by atoms with Crippen LogP contribution < -0.4 is 9.64 Å². The average molecular weight is 583 g/mol. The average Bonchev–Trinajstić information content (AvgIpc) is 3.45. The summed E-state index contributed by atoms with van der Waals surface area (Å²) < 4.78 is 36.9. The van der Waals surface area contributed by atoms with E-state index >= 15 is 4.39 Å². The normalized spacial score (nSPS) is 23.6. The van der Waals surface area contributed by atoms with Crippen molar-refractivity contribution in [2.24, 2.45) is 4.99 Å². The monoisotopic (exact) mass is 582 g/mol. The summed E-state index contributed by atoms with van der Waals surface area (Å²) in [7, 11) is 0. The molecule has 41 heavy (non-hydrogen) atoms. The maximum absolute atomic E-state index is 15.1. The summed E-state index contributed by atoms with van der Waals surface area (Å²) in [4.78, 5) is 22.7. The van der Waals surface area contributed by atoms with Crippen LogP contribution in [-0.4, -0.2) is 80.6 Å². The molecule has 9 nitrogen and oxygen atoms in total. The highest BCUT2D eigenvalue weighted by atomic mass is 35.5. The van der Waals surface area contributed by atoms with Gasteiger partial charge >= 0.3 is 0 Å². The number of piperazine rings is 1. The number of aromatic nitrogens is 2. The third kappa shape index (κ3) is 4.62. The fourth-order valence-electron chi connectivity index (χ4n) is 5.95. The van der Waals surface area contributed by atoms with Gasteiger partial charge in [-0.1, -0.05) is 18.2 Å². The second-order valence-corrected chi connectivity index (χ2v) is 10.9. The van der Waals surface area contributed by atoms with Crippen molar-refractivity contribution in [3.63, 3.8) is 0 Å². The minimum Gasteiger partial charge on any atom is -0.488 e. The number of aliphatic imine (C=N–C) groups is 1. The maximum Gasteiger partial charge on any atom is 0.246 e. The Labute approximate surface area is 240 Å². The summed E-state index contributed by atoms with van der Waals surface area (Å²) in [5.74, 6) is -0.874. The molecule has 1 N–H and O–H groups in total. The van der Waals surface area contributed by atoms with E-state index < -0.39 is 18.0 Å². The third-order valence-electron chi connectivity index (χ3n) is 7.88. The molecule has 0 spiro atoms. The molecule has 3 aromatic rings. The number of nitrogens with zero attached hydrogens (tertiary/aromatic N) is 6. The lowest BCUT2D eigenvalue weighted by Crippen LogP contribution is -2.61. The predicted octanol–water partition coefficient (Wildman–Crippen LogP) is 3.89. The molecule has 6 rings (SSSR count). The number of amides is 1. The van der Waals surface area contributed by atoms with Gasteiger partial charge in [-0.05, 0) is 44.2 Å². The van der Waals surface area contributed by atoms with Crippen molar-refractivity contribution in [2.45, 2.75) is 44.9 Å². The topological polar surface area (TPSA) is 86.4 Å². The Balaban J connectivity index is 1.49. The molecule has 1 unspecified atom stereocenters. The second kappa shape index (κ2) is 10.5. The van der Waals surface area contributed by atoms with Crippen LogP contribution in [0.2, 0.25) is 5.02 Å². The Morgan fingerprint density at radius 2 is 2.02 bits per heavy atom. The number of aliphatic hydroxyl groups is 1. The fraction of sp³-hybridized carbons (Fsp3) is 0.345. The third-order valence-corrected chi connectivity index (χ3v) is 8.18. The summed E-state index contributed by atoms with van der Waals surface area (Å²) in [6.07, 6.45) is 3.50. The zero-order valence-corrected chi connectivity index (χ0v) is 23.3. The molecule has 1 amide bonds. The van der Waals surface area contributed by atoms with Gasteiger partial charge in [0.2, 0.25) is 12.3 Å². The van der Waals surface area contributed by atoms with Crippen molar-refractivity contribution in [3.8, 4) is 16.9 Å². The number of benzene rings is 2. The number of hydrogen-bond acceptors (Lipinski definition) is 7. The Kier molecular flexibility index (Phi) is 6.95. The van der Waals surface area contributed by atoms with E-state index in [4.69, 9.17) is 21.3 Å². The molecule has 0 aliphatic carbocycles. The number of amidine groups is 1. The van der Waals surface area contributed by atoms with Gasteiger partial charge in [0.05, 0.1) is 23.3 Å². The highest BCUT2D eigenvalue weighted by Gasteiger charge is 2.44. The van der Waals surface area contributed by atoms with Crippen LogP contribution in [0.5, 0.6) is 5.75 Å². The molecular formula is C29H29ClF2N6O3. The summed E-state index contributed by atoms with van der Waals surface area (Å²) in [6, 6.07) is 6.11. The second-order valence-electron chi connectivity index (χ2n) is 10.5. The number of rotatable bonds is 4. The van der Waals surface area contributed by atoms with Gasteiger partial charge in [0, 0.05) is 60.3 Å². The first kappa shape index (κ1) is 27.2. The Hall–Kier alpha value is -3.96. The molecule has 1 fully saturated rings. The number of ether oxygens (including phenoxy) is 1. The van der Waals surface area contributed by atoms with Crippen LogP contribution in [0.15, 0.2) is 60.4 Å². The predicted molar refractivity (Wildman–Crippen MR) is 151 cm³/mol. The molecule has 1 aromatic heterocycles. The minimum atomic E-state index is -1.29. The number of halogens is 3. The first-order valence-corrected chi connectivity index (χ1v) is 13.7. The highest BCUT2D eigenvalue weighted by Crippen LogP contribution is 2.51. The number of hydrogen-bond donors (Lipinski definition) is 1. The van der Waals surface area contributed by atoms with Gasteiger partial charge < -0.3 is 24.5 Å². The molecule has 4 heterocycles. The largest absolute Gasteiger partial charge is 0.488 e. The van der Waals surface area contributed by atoms with Crippen LogP contribution in [-0.2, 0) is 11.3 Å². The van der Waals surface area contributed by atoms with Gasteiger partial charge in [0.15, 0.2) is 5.75 Å². The van der Waals surface area contributed by atoms with E-state index in [-0.39, 0.29) is 52.5 Å². The van der Waals surface area contributed by atoms with Gasteiger partial charge in [0.25, 0.3) is 0 Å². The van der Waals surface area contributed by atoms with E-state index in [9.17, 15) is 14.3 Å². The summed E-state index contributed by atoms with van der Waals surface area (Å²) in [5, 5.41) is 16.0. The Morgan fingerprint density at radius 3 is 2.73 bits per heavy atom. The zero-order valence-electron chi connectivity index (χ0n) is 22.5. The van der Waals surface area contributed by atoms with Crippen molar-refractivity contribution in [2.75, 3.05) is 24.6 Å². The molecule has 3 aliphatic heterocycles. The molecule has 12 heteroatoms. The van der Waals surface area contributed by atoms with Crippen molar-refractivity contribution < 1.29 is 23.4 Å². The summed E-state index contributed by atoms with van der Waals surface area (Å²) in [5.41, 5.74) is 1.46. The van der Waals surface area contributed by atoms with Crippen LogP contribution >= 0.6 is 11.6 Å². The first-order valence-electron chi connectivity index (χ1n) is 13.3. The first-order chi connectivity index (χ1) is 19.7. The number of carbonyl (C=O) groups excluding carboxylic acids is 1. The number of anilines is 1. The van der Waals surface area contributed by atoms with Gasteiger partial charge in [0.1, 0.15) is 24.1 Å². The van der Waals surface area contributed by atoms with Crippen LogP contribution in [0, 0.1) is 11.6 Å². The number of aliphatic hydroxyl groups excluding tert-OH is 1. The van der Waals surface area contributed by atoms with Crippen LogP contribution in [0.25, 0.3) is 11.1 Å². The molecule has 214 valence electrons. The Bertz CT molecular complexity index is 1550. The van der Waals surface area contributed by atoms with E-state index in [2.05, 4.69) is 11.7 Å². The van der Waals surface area contributed by atoms with E-state index in [1.54, 1.807) is 32.8 Å².